The third kappa shape index (κ3) is 6.32. The van der Waals surface area contributed by atoms with E-state index in [-0.39, 0.29) is 18.8 Å². The zero-order valence-electron chi connectivity index (χ0n) is 22.9. The number of unbranched alkanes of at least 4 members (excludes halogenated alkanes) is 2. The number of hydrogen-bond donors (Lipinski definition) is 3. The summed E-state index contributed by atoms with van der Waals surface area (Å²) in [6.45, 7) is 7.07. The highest BCUT2D eigenvalue weighted by Gasteiger charge is 2.23. The second-order valence-electron chi connectivity index (χ2n) is 9.82. The average Bonchev–Trinajstić information content (AvgIpc) is 2.95. The van der Waals surface area contributed by atoms with Crippen molar-refractivity contribution in [3.8, 4) is 22.5 Å². The van der Waals surface area contributed by atoms with Gasteiger partial charge in [0.25, 0.3) is 0 Å². The number of aliphatic hydroxyl groups excluding tert-OH is 2. The van der Waals surface area contributed by atoms with E-state index in [1.807, 2.05) is 48.5 Å². The van der Waals surface area contributed by atoms with Crippen LogP contribution in [-0.2, 0) is 0 Å². The molecule has 0 fully saturated rings. The van der Waals surface area contributed by atoms with Crippen LogP contribution in [0.1, 0.15) is 49.9 Å². The smallest absolute Gasteiger partial charge is 0.336 e. The van der Waals surface area contributed by atoms with Gasteiger partial charge in [0.2, 0.25) is 5.36 Å². The lowest BCUT2D eigenvalue weighted by molar-refractivity contribution is 0.0697. The number of anilines is 1. The predicted molar refractivity (Wildman–Crippen MR) is 156 cm³/mol. The first-order chi connectivity index (χ1) is 19.0. The van der Waals surface area contributed by atoms with Crippen molar-refractivity contribution < 1.29 is 24.5 Å². The molecule has 39 heavy (non-hydrogen) atoms. The van der Waals surface area contributed by atoms with Crippen molar-refractivity contribution in [1.29, 1.82) is 0 Å². The average molecular weight is 532 g/mol. The molecule has 206 valence electrons. The summed E-state index contributed by atoms with van der Waals surface area (Å²) < 4.78 is 8.68. The van der Waals surface area contributed by atoms with Crippen LogP contribution in [0, 0.1) is 0 Å². The quantitative estimate of drug-likeness (QED) is 0.165. The molecule has 0 unspecified atom stereocenters. The van der Waals surface area contributed by atoms with Crippen LogP contribution in [0.15, 0.2) is 65.1 Å². The molecule has 7 heteroatoms. The largest absolute Gasteiger partial charge is 0.478 e. The van der Waals surface area contributed by atoms with E-state index in [1.54, 1.807) is 12.1 Å². The summed E-state index contributed by atoms with van der Waals surface area (Å²) in [6.07, 6.45) is 4.11. The molecule has 2 aromatic rings. The maximum Gasteiger partial charge on any atom is 0.336 e. The van der Waals surface area contributed by atoms with Gasteiger partial charge in [-0.3, -0.25) is 0 Å². The Kier molecular flexibility index (Phi) is 9.74. The number of aromatic carboxylic acids is 1. The monoisotopic (exact) mass is 531 g/mol. The zero-order valence-corrected chi connectivity index (χ0v) is 22.9. The Bertz CT molecular complexity index is 1460. The maximum atomic E-state index is 12.2. The normalized spacial score (nSPS) is 12.2. The maximum absolute atomic E-state index is 12.2. The second-order valence-corrected chi connectivity index (χ2v) is 9.82. The van der Waals surface area contributed by atoms with Crippen LogP contribution in [-0.4, -0.2) is 60.7 Å². The fraction of sp³-hybridized carbons (Fsp3) is 0.375. The summed E-state index contributed by atoms with van der Waals surface area (Å²) in [6, 6.07) is 19.1. The molecular formula is C32H39N2O5+. The van der Waals surface area contributed by atoms with Gasteiger partial charge in [0.15, 0.2) is 6.54 Å². The van der Waals surface area contributed by atoms with E-state index >= 15 is 0 Å². The molecule has 1 heterocycles. The van der Waals surface area contributed by atoms with Gasteiger partial charge in [0.1, 0.15) is 24.5 Å². The van der Waals surface area contributed by atoms with E-state index < -0.39 is 5.97 Å². The second kappa shape index (κ2) is 13.4. The van der Waals surface area contributed by atoms with E-state index in [2.05, 4.69) is 23.3 Å². The Hall–Kier alpha value is -3.68. The van der Waals surface area contributed by atoms with Crippen molar-refractivity contribution in [1.82, 2.24) is 4.58 Å². The Morgan fingerprint density at radius 3 is 2.38 bits per heavy atom. The van der Waals surface area contributed by atoms with Gasteiger partial charge in [-0.15, -0.1) is 0 Å². The van der Waals surface area contributed by atoms with Gasteiger partial charge < -0.3 is 24.6 Å². The fourth-order valence-electron chi connectivity index (χ4n) is 5.12. The number of hydrogen-bond acceptors (Lipinski definition) is 5. The molecule has 7 nitrogen and oxygen atoms in total. The first-order valence-corrected chi connectivity index (χ1v) is 13.9. The van der Waals surface area contributed by atoms with Crippen LogP contribution >= 0.6 is 0 Å². The molecule has 0 saturated heterocycles. The number of carboxylic acid groups (broad SMARTS) is 1. The summed E-state index contributed by atoms with van der Waals surface area (Å²) in [5.74, 6) is -0.336. The molecule has 4 rings (SSSR count). The highest BCUT2D eigenvalue weighted by Crippen LogP contribution is 2.42. The molecule has 2 aromatic carbocycles. The minimum absolute atomic E-state index is 0.0513. The Balaban J connectivity index is 2.03. The topological polar surface area (TPSA) is 97.1 Å². The minimum atomic E-state index is -0.983. The number of benzene rings is 3. The van der Waals surface area contributed by atoms with Crippen molar-refractivity contribution in [3.63, 3.8) is 0 Å². The molecule has 0 radical (unpaired) electrons. The summed E-state index contributed by atoms with van der Waals surface area (Å²) in [5, 5.41) is 31.1. The first kappa shape index (κ1) is 28.3. The van der Waals surface area contributed by atoms with E-state index in [4.69, 9.17) is 4.42 Å². The molecule has 1 aliphatic carbocycles. The van der Waals surface area contributed by atoms with E-state index in [9.17, 15) is 20.1 Å². The highest BCUT2D eigenvalue weighted by atomic mass is 16.4. The van der Waals surface area contributed by atoms with E-state index in [0.29, 0.717) is 30.0 Å². The Labute approximate surface area is 229 Å². The lowest BCUT2D eigenvalue weighted by Crippen LogP contribution is -2.33. The van der Waals surface area contributed by atoms with Crippen LogP contribution in [0.2, 0.25) is 0 Å². The van der Waals surface area contributed by atoms with Crippen molar-refractivity contribution in [2.24, 2.45) is 0 Å². The number of aliphatic hydroxyl groups is 2. The summed E-state index contributed by atoms with van der Waals surface area (Å²) in [4.78, 5) is 14.4. The van der Waals surface area contributed by atoms with Gasteiger partial charge in [0, 0.05) is 53.8 Å². The fourth-order valence-corrected chi connectivity index (χ4v) is 5.12. The van der Waals surface area contributed by atoms with Crippen LogP contribution in [0.4, 0.5) is 5.69 Å². The number of carboxylic acids is 1. The molecule has 0 aromatic heterocycles. The molecule has 0 amide bonds. The van der Waals surface area contributed by atoms with E-state index in [0.717, 1.165) is 66.3 Å². The van der Waals surface area contributed by atoms with Crippen molar-refractivity contribution in [2.45, 2.75) is 39.5 Å². The van der Waals surface area contributed by atoms with Crippen LogP contribution in [0.3, 0.4) is 0 Å². The van der Waals surface area contributed by atoms with Crippen molar-refractivity contribution in [3.05, 3.63) is 71.6 Å². The van der Waals surface area contributed by atoms with Gasteiger partial charge in [-0.2, -0.15) is 0 Å². The van der Waals surface area contributed by atoms with Crippen LogP contribution in [0.25, 0.3) is 33.4 Å². The Morgan fingerprint density at radius 2 is 1.67 bits per heavy atom. The van der Waals surface area contributed by atoms with Crippen molar-refractivity contribution in [2.75, 3.05) is 44.3 Å². The molecular weight excluding hydrogens is 492 g/mol. The highest BCUT2D eigenvalue weighted by molar-refractivity contribution is 6.07. The summed E-state index contributed by atoms with van der Waals surface area (Å²) in [7, 11) is 0. The third-order valence-corrected chi connectivity index (χ3v) is 7.15. The molecule has 3 N–H and O–H groups in total. The van der Waals surface area contributed by atoms with Gasteiger partial charge in [-0.1, -0.05) is 44.9 Å². The molecule has 0 atom stereocenters. The van der Waals surface area contributed by atoms with Gasteiger partial charge in [-0.25, -0.2) is 9.37 Å². The molecule has 0 spiro atoms. The van der Waals surface area contributed by atoms with Crippen LogP contribution < -0.4 is 14.8 Å². The van der Waals surface area contributed by atoms with Gasteiger partial charge in [0.05, 0.1) is 18.2 Å². The van der Waals surface area contributed by atoms with Gasteiger partial charge in [-0.05, 0) is 36.2 Å². The number of rotatable bonds is 13. The summed E-state index contributed by atoms with van der Waals surface area (Å²) >= 11 is 0. The lowest BCUT2D eigenvalue weighted by atomic mass is 9.90. The Morgan fingerprint density at radius 1 is 0.872 bits per heavy atom. The third-order valence-electron chi connectivity index (χ3n) is 7.15. The molecule has 2 aliphatic rings. The molecule has 0 bridgehead atoms. The standard InChI is InChI=1S/C32H38N2O5/c1-3-5-15-33(17-19-35)23-11-13-27-29(21-23)39-30-22-24(34(18-20-36)16-6-4-2)12-14-28(30)31(27)25-9-7-8-10-26(25)32(37)38/h7-14,21-22,35-36H,3-6,15-20H2,1-2H3/p+1. The van der Waals surface area contributed by atoms with E-state index in [1.165, 1.54) is 0 Å². The first-order valence-electron chi connectivity index (χ1n) is 13.9. The molecule has 0 saturated carbocycles. The SMILES string of the molecule is CCCCN(CCO)c1ccc2c(-c3ccccc3C(=O)O)c3ccc(=[N+](CCO)CCCC)cc-3oc2c1. The number of carbonyl (C=O) groups is 1. The summed E-state index contributed by atoms with van der Waals surface area (Å²) in [5.41, 5.74) is 4.10. The zero-order chi connectivity index (χ0) is 27.8. The van der Waals surface area contributed by atoms with Gasteiger partial charge >= 0.3 is 5.97 Å². The predicted octanol–water partition coefficient (Wildman–Crippen LogP) is 5.07. The molecule has 1 aliphatic heterocycles. The minimum Gasteiger partial charge on any atom is -0.478 e. The number of fused-ring (bicyclic) bond motifs is 2. The van der Waals surface area contributed by atoms with Crippen molar-refractivity contribution >= 4 is 22.6 Å². The van der Waals surface area contributed by atoms with Crippen LogP contribution in [0.5, 0.6) is 0 Å². The lowest BCUT2D eigenvalue weighted by Gasteiger charge is -2.24. The number of nitrogens with zero attached hydrogens (tertiary/aromatic N) is 2.